The van der Waals surface area contributed by atoms with Crippen LogP contribution < -0.4 is 0 Å². The van der Waals surface area contributed by atoms with Gasteiger partial charge in [0.25, 0.3) is 0 Å². The fourth-order valence-electron chi connectivity index (χ4n) is 5.28. The molecule has 1 saturated heterocycles. The minimum atomic E-state index is -0.862. The Kier molecular flexibility index (Phi) is 12.1. The van der Waals surface area contributed by atoms with Gasteiger partial charge < -0.3 is 10.2 Å². The summed E-state index contributed by atoms with van der Waals surface area (Å²) >= 11 is 4.64. The Morgan fingerprint density at radius 1 is 0.762 bits per heavy atom. The van der Waals surface area contributed by atoms with Crippen LogP contribution in [0.2, 0.25) is 0 Å². The summed E-state index contributed by atoms with van der Waals surface area (Å²) in [6.07, 6.45) is 1.70. The van der Waals surface area contributed by atoms with E-state index in [-0.39, 0.29) is 50.0 Å². The Labute approximate surface area is 279 Å². The number of carbonyl (C=O) groups is 2. The van der Waals surface area contributed by atoms with E-state index in [1.54, 1.807) is 10.9 Å². The van der Waals surface area contributed by atoms with E-state index in [4.69, 9.17) is 9.97 Å². The van der Waals surface area contributed by atoms with E-state index in [0.717, 1.165) is 33.4 Å². The molecule has 1 radical (unpaired) electrons. The van der Waals surface area contributed by atoms with Crippen molar-refractivity contribution in [1.29, 1.82) is 0 Å². The van der Waals surface area contributed by atoms with Gasteiger partial charge in [0.2, 0.25) is 0 Å². The van der Waals surface area contributed by atoms with Crippen molar-refractivity contribution in [3.63, 3.8) is 0 Å². The Hall–Kier alpha value is -2.20. The first-order valence-corrected chi connectivity index (χ1v) is 14.1. The second kappa shape index (κ2) is 15.5. The minimum Gasteiger partial charge on any atom is -0.480 e. The molecule has 0 unspecified atom stereocenters. The molecule has 0 amide bonds. The first-order valence-electron chi connectivity index (χ1n) is 13.7. The molecule has 3 aliphatic rings. The number of hydrogen-bond donors (Lipinski definition) is 3. The fourth-order valence-corrected chi connectivity index (χ4v) is 5.58. The average molecular weight is 757 g/mol. The van der Waals surface area contributed by atoms with Gasteiger partial charge in [-0.3, -0.25) is 34.2 Å². The van der Waals surface area contributed by atoms with Crippen LogP contribution in [0.25, 0.3) is 11.4 Å². The summed E-state index contributed by atoms with van der Waals surface area (Å²) in [5.74, 6) is -1.72. The van der Waals surface area contributed by atoms with Crippen LogP contribution in [0.3, 0.4) is 0 Å². The molecule has 0 spiro atoms. The van der Waals surface area contributed by atoms with Gasteiger partial charge >= 0.3 is 11.9 Å². The maximum absolute atomic E-state index is 11.7. The van der Waals surface area contributed by atoms with E-state index in [9.17, 15) is 19.8 Å². The van der Waals surface area contributed by atoms with Crippen molar-refractivity contribution >= 4 is 24.6 Å². The van der Waals surface area contributed by atoms with Crippen molar-refractivity contribution in [2.75, 3.05) is 65.4 Å². The third-order valence-electron chi connectivity index (χ3n) is 7.33. The Bertz CT molecular complexity index is 1340. The van der Waals surface area contributed by atoms with Gasteiger partial charge in [-0.2, -0.15) is 0 Å². The van der Waals surface area contributed by atoms with Crippen molar-refractivity contribution in [2.45, 2.75) is 24.5 Å². The van der Waals surface area contributed by atoms with Crippen LogP contribution in [0.4, 0.5) is 0 Å². The molecular weight excluding hydrogens is 721 g/mol. The molecule has 6 rings (SSSR count). The molecule has 0 aliphatic carbocycles. The monoisotopic (exact) mass is 756 g/mol. The first kappa shape index (κ1) is 32.7. The van der Waals surface area contributed by atoms with Crippen LogP contribution in [0.5, 0.6) is 0 Å². The molecule has 42 heavy (non-hydrogen) atoms. The molecule has 3 aliphatic heterocycles. The standard InChI is InChI=1S/C27H35N9O4S.Lu/c37-26(38)18-34-8-4-32-5-9-35(19-27(39)40)11-7-33(6-10-34)16-21-12-23(41)13-22(29-21)17-36-25(14-28-31-36)24-3-1-2-20(15-32)30-24;/h1-3,12-14H,4-11,15-19H2,(H,29,41)(H,37,38)(H,39,40);. The number of fused-ring (bicyclic) bond motifs is 8. The van der Waals surface area contributed by atoms with E-state index in [1.807, 2.05) is 40.1 Å². The number of hydrogen-bond acceptors (Lipinski definition) is 11. The van der Waals surface area contributed by atoms with E-state index < -0.39 is 11.9 Å². The van der Waals surface area contributed by atoms with Crippen LogP contribution in [0.15, 0.2) is 41.4 Å². The molecule has 0 saturated carbocycles. The molecular formula is C27H35LuN9O4S. The predicted molar refractivity (Wildman–Crippen MR) is 153 cm³/mol. The number of rotatable bonds is 4. The molecule has 15 heteroatoms. The van der Waals surface area contributed by atoms with Crippen molar-refractivity contribution < 1.29 is 56.7 Å². The first-order chi connectivity index (χ1) is 19.8. The van der Waals surface area contributed by atoms with Crippen molar-refractivity contribution in [3.8, 4) is 11.4 Å². The molecule has 3 aromatic rings. The summed E-state index contributed by atoms with van der Waals surface area (Å²) in [6, 6.07) is 9.68. The summed E-state index contributed by atoms with van der Waals surface area (Å²) < 4.78 is 1.79. The summed E-state index contributed by atoms with van der Waals surface area (Å²) in [5.41, 5.74) is 3.97. The van der Waals surface area contributed by atoms with Crippen LogP contribution in [-0.4, -0.2) is 132 Å². The Balaban J connectivity index is 0.00000405. The maximum atomic E-state index is 11.7. The Morgan fingerprint density at radius 3 is 1.88 bits per heavy atom. The maximum Gasteiger partial charge on any atom is 0.317 e. The molecule has 233 valence electrons. The van der Waals surface area contributed by atoms with Gasteiger partial charge in [0.15, 0.2) is 0 Å². The molecule has 6 heterocycles. The molecule has 13 nitrogen and oxygen atoms in total. The van der Waals surface area contributed by atoms with Crippen LogP contribution >= 0.6 is 12.6 Å². The number of aromatic nitrogens is 5. The van der Waals surface area contributed by atoms with Gasteiger partial charge in [-0.05, 0) is 24.3 Å². The van der Waals surface area contributed by atoms with Gasteiger partial charge in [-0.1, -0.05) is 11.3 Å². The van der Waals surface area contributed by atoms with E-state index in [0.29, 0.717) is 72.0 Å². The number of carboxylic acids is 2. The van der Waals surface area contributed by atoms with Crippen molar-refractivity contribution in [1.82, 2.24) is 44.6 Å². The minimum absolute atomic E-state index is 0. The predicted octanol–water partition coefficient (Wildman–Crippen LogP) is 0.477. The van der Waals surface area contributed by atoms with E-state index >= 15 is 0 Å². The van der Waals surface area contributed by atoms with Gasteiger partial charge in [0.05, 0.1) is 48.6 Å². The summed E-state index contributed by atoms with van der Waals surface area (Å²) in [5, 5.41) is 27.6. The van der Waals surface area contributed by atoms with Gasteiger partial charge in [-0.15, -0.1) is 17.7 Å². The third-order valence-corrected chi connectivity index (χ3v) is 7.59. The smallest absolute Gasteiger partial charge is 0.317 e. The second-order valence-corrected chi connectivity index (χ2v) is 11.0. The van der Waals surface area contributed by atoms with E-state index in [2.05, 4.69) is 32.7 Å². The number of aliphatic carboxylic acids is 2. The van der Waals surface area contributed by atoms with Crippen LogP contribution in [-0.2, 0) is 29.2 Å². The zero-order chi connectivity index (χ0) is 28.8. The van der Waals surface area contributed by atoms with Crippen LogP contribution in [0, 0.1) is 36.9 Å². The average Bonchev–Trinajstić information content (AvgIpc) is 3.37. The SMILES string of the molecule is O=C(O)CN1CCN2CCN(CC(=O)O)CCN(CC1)Cc1cccc(n1)-c1cnnn1Cc1cc(S)cc(n1)C2.[Lu]. The molecule has 0 atom stereocenters. The molecule has 0 aromatic carbocycles. The summed E-state index contributed by atoms with van der Waals surface area (Å²) in [6.45, 7) is 6.04. The molecule has 2 N–H and O–H groups in total. The summed E-state index contributed by atoms with van der Waals surface area (Å²) in [4.78, 5) is 42.3. The number of nitrogens with zero attached hydrogens (tertiary/aromatic N) is 9. The largest absolute Gasteiger partial charge is 0.480 e. The molecule has 6 bridgehead atoms. The number of carboxylic acid groups (broad SMARTS) is 2. The van der Waals surface area contributed by atoms with Gasteiger partial charge in [-0.25, -0.2) is 9.67 Å². The Morgan fingerprint density at radius 2 is 1.31 bits per heavy atom. The van der Waals surface area contributed by atoms with E-state index in [1.165, 1.54) is 0 Å². The number of thiol groups is 1. The molecule has 1 fully saturated rings. The van der Waals surface area contributed by atoms with Crippen molar-refractivity contribution in [3.05, 3.63) is 53.6 Å². The normalized spacial score (nSPS) is 20.6. The quantitative estimate of drug-likeness (QED) is 0.319. The fraction of sp³-hybridized carbons (Fsp3) is 0.481. The molecule has 3 aromatic heterocycles. The topological polar surface area (TPSA) is 144 Å². The van der Waals surface area contributed by atoms with Crippen LogP contribution in [0.1, 0.15) is 17.1 Å². The van der Waals surface area contributed by atoms with Crippen molar-refractivity contribution in [2.24, 2.45) is 0 Å². The third kappa shape index (κ3) is 9.40. The van der Waals surface area contributed by atoms with Gasteiger partial charge in [0, 0.05) is 107 Å². The zero-order valence-electron chi connectivity index (χ0n) is 23.1. The summed E-state index contributed by atoms with van der Waals surface area (Å²) in [7, 11) is 0. The second-order valence-electron chi connectivity index (χ2n) is 10.5. The van der Waals surface area contributed by atoms with Gasteiger partial charge in [0.1, 0.15) is 5.69 Å². The number of pyridine rings is 2. The zero-order valence-corrected chi connectivity index (χ0v) is 25.6.